The lowest BCUT2D eigenvalue weighted by Crippen LogP contribution is -2.34. The van der Waals surface area contributed by atoms with Gasteiger partial charge in [-0.15, -0.1) is 0 Å². The first-order valence-electron chi connectivity index (χ1n) is 7.58. The van der Waals surface area contributed by atoms with Gasteiger partial charge in [0.2, 0.25) is 0 Å². The zero-order chi connectivity index (χ0) is 15.0. The lowest BCUT2D eigenvalue weighted by atomic mass is 10.1. The predicted octanol–water partition coefficient (Wildman–Crippen LogP) is 3.33. The van der Waals surface area contributed by atoms with E-state index in [4.69, 9.17) is 4.98 Å². The molecule has 0 aliphatic rings. The molecule has 114 valence electrons. The van der Waals surface area contributed by atoms with Gasteiger partial charge in [-0.25, -0.2) is 4.98 Å². The number of nitrogens with zero attached hydrogens (tertiary/aromatic N) is 2. The molecule has 1 heterocycles. The molecule has 0 aliphatic heterocycles. The Bertz CT molecular complexity index is 395. The van der Waals surface area contributed by atoms with Crippen LogP contribution < -0.4 is 10.2 Å². The van der Waals surface area contributed by atoms with Crippen molar-refractivity contribution in [3.8, 4) is 0 Å². The van der Waals surface area contributed by atoms with Crippen molar-refractivity contribution in [2.24, 2.45) is 0 Å². The number of thioether (sulfide) groups is 1. The Hall–Kier alpha value is -0.740. The molecule has 1 N–H and O–H groups in total. The second kappa shape index (κ2) is 9.24. The number of hydrogen-bond donors (Lipinski definition) is 1. The Morgan fingerprint density at radius 1 is 1.30 bits per heavy atom. The first-order valence-corrected chi connectivity index (χ1v) is 8.97. The topological polar surface area (TPSA) is 28.2 Å². The van der Waals surface area contributed by atoms with Crippen molar-refractivity contribution < 1.29 is 0 Å². The van der Waals surface area contributed by atoms with Crippen LogP contribution in [0.25, 0.3) is 0 Å². The van der Waals surface area contributed by atoms with Crippen LogP contribution in [0.2, 0.25) is 0 Å². The maximum Gasteiger partial charge on any atom is 0.129 e. The van der Waals surface area contributed by atoms with E-state index in [-0.39, 0.29) is 0 Å². The summed E-state index contributed by atoms with van der Waals surface area (Å²) in [5.41, 5.74) is 2.51. The summed E-state index contributed by atoms with van der Waals surface area (Å²) in [5.74, 6) is 2.26. The summed E-state index contributed by atoms with van der Waals surface area (Å²) >= 11 is 1.90. The Balaban J connectivity index is 2.96. The molecule has 0 radical (unpaired) electrons. The molecule has 1 aromatic rings. The zero-order valence-corrected chi connectivity index (χ0v) is 14.4. The Labute approximate surface area is 128 Å². The minimum Gasteiger partial charge on any atom is -0.356 e. The van der Waals surface area contributed by atoms with Gasteiger partial charge in [0.05, 0.1) is 0 Å². The molecule has 0 aromatic carbocycles. The van der Waals surface area contributed by atoms with Gasteiger partial charge in [0.15, 0.2) is 0 Å². The van der Waals surface area contributed by atoms with Gasteiger partial charge in [0.25, 0.3) is 0 Å². The molecule has 4 heteroatoms. The molecule has 1 atom stereocenters. The highest BCUT2D eigenvalue weighted by Gasteiger charge is 2.15. The number of rotatable bonds is 9. The molecule has 20 heavy (non-hydrogen) atoms. The fraction of sp³-hybridized carbons (Fsp3) is 0.688. The van der Waals surface area contributed by atoms with Crippen LogP contribution in [-0.2, 0) is 13.0 Å². The standard InChI is InChI=1S/C16H29N3S/c1-6-14-9-13(11-17-8-3)10-16(18-14)19(4)15(7-2)12-20-5/h9-10,15,17H,6-8,11-12H2,1-5H3. The quantitative estimate of drug-likeness (QED) is 0.756. The summed E-state index contributed by atoms with van der Waals surface area (Å²) in [7, 11) is 2.17. The van der Waals surface area contributed by atoms with Crippen LogP contribution >= 0.6 is 11.8 Å². The first-order chi connectivity index (χ1) is 9.65. The van der Waals surface area contributed by atoms with E-state index in [2.05, 4.69) is 56.4 Å². The monoisotopic (exact) mass is 295 g/mol. The summed E-state index contributed by atoms with van der Waals surface area (Å²) < 4.78 is 0. The molecule has 0 spiro atoms. The van der Waals surface area contributed by atoms with E-state index in [1.165, 1.54) is 11.3 Å². The number of nitrogens with one attached hydrogen (secondary N) is 1. The van der Waals surface area contributed by atoms with Crippen molar-refractivity contribution in [3.63, 3.8) is 0 Å². The summed E-state index contributed by atoms with van der Waals surface area (Å²) in [6.07, 6.45) is 4.31. The lowest BCUT2D eigenvalue weighted by Gasteiger charge is -2.28. The van der Waals surface area contributed by atoms with Crippen molar-refractivity contribution in [1.82, 2.24) is 10.3 Å². The highest BCUT2D eigenvalue weighted by molar-refractivity contribution is 7.98. The largest absolute Gasteiger partial charge is 0.356 e. The third-order valence-electron chi connectivity index (χ3n) is 3.61. The van der Waals surface area contributed by atoms with Gasteiger partial charge >= 0.3 is 0 Å². The van der Waals surface area contributed by atoms with Crippen LogP contribution in [-0.4, -0.2) is 36.6 Å². The van der Waals surface area contributed by atoms with E-state index in [0.29, 0.717) is 6.04 Å². The molecular weight excluding hydrogens is 266 g/mol. The average Bonchev–Trinajstić information content (AvgIpc) is 2.49. The van der Waals surface area contributed by atoms with Crippen LogP contribution in [0.4, 0.5) is 5.82 Å². The summed E-state index contributed by atoms with van der Waals surface area (Å²) in [5, 5.41) is 3.40. The number of anilines is 1. The van der Waals surface area contributed by atoms with Gasteiger partial charge in [-0.05, 0) is 43.3 Å². The Morgan fingerprint density at radius 2 is 2.05 bits per heavy atom. The van der Waals surface area contributed by atoms with Crippen LogP contribution in [0.1, 0.15) is 38.4 Å². The lowest BCUT2D eigenvalue weighted by molar-refractivity contribution is 0.662. The molecule has 0 saturated carbocycles. The van der Waals surface area contributed by atoms with Crippen molar-refractivity contribution >= 4 is 17.6 Å². The Kier molecular flexibility index (Phi) is 8.00. The van der Waals surface area contributed by atoms with Crippen molar-refractivity contribution in [1.29, 1.82) is 0 Å². The highest BCUT2D eigenvalue weighted by atomic mass is 32.2. The van der Waals surface area contributed by atoms with Crippen molar-refractivity contribution in [2.45, 2.75) is 46.2 Å². The van der Waals surface area contributed by atoms with Crippen LogP contribution in [0.15, 0.2) is 12.1 Å². The summed E-state index contributed by atoms with van der Waals surface area (Å²) in [4.78, 5) is 7.14. The third-order valence-corrected chi connectivity index (χ3v) is 4.32. The molecule has 3 nitrogen and oxygen atoms in total. The van der Waals surface area contributed by atoms with Gasteiger partial charge in [-0.1, -0.05) is 20.8 Å². The zero-order valence-electron chi connectivity index (χ0n) is 13.6. The maximum atomic E-state index is 4.80. The molecule has 0 amide bonds. The predicted molar refractivity (Wildman–Crippen MR) is 91.9 cm³/mol. The van der Waals surface area contributed by atoms with Crippen molar-refractivity contribution in [3.05, 3.63) is 23.4 Å². The maximum absolute atomic E-state index is 4.80. The van der Waals surface area contributed by atoms with E-state index in [9.17, 15) is 0 Å². The minimum absolute atomic E-state index is 0.552. The van der Waals surface area contributed by atoms with Gasteiger partial charge in [0.1, 0.15) is 5.82 Å². The van der Waals surface area contributed by atoms with Gasteiger partial charge in [0, 0.05) is 31.1 Å². The normalized spacial score (nSPS) is 12.4. The molecule has 1 aromatic heterocycles. The second-order valence-corrected chi connectivity index (χ2v) is 6.00. The van der Waals surface area contributed by atoms with Crippen molar-refractivity contribution in [2.75, 3.05) is 30.5 Å². The molecule has 0 fully saturated rings. The highest BCUT2D eigenvalue weighted by Crippen LogP contribution is 2.19. The van der Waals surface area contributed by atoms with E-state index in [0.717, 1.165) is 37.5 Å². The third kappa shape index (κ3) is 4.98. The Morgan fingerprint density at radius 3 is 2.60 bits per heavy atom. The molecule has 0 bridgehead atoms. The fourth-order valence-corrected chi connectivity index (χ4v) is 3.09. The van der Waals surface area contributed by atoms with E-state index in [1.807, 2.05) is 11.8 Å². The number of pyridine rings is 1. The van der Waals surface area contributed by atoms with E-state index >= 15 is 0 Å². The molecule has 1 rings (SSSR count). The first kappa shape index (κ1) is 17.3. The minimum atomic E-state index is 0.552. The fourth-order valence-electron chi connectivity index (χ4n) is 2.25. The van der Waals surface area contributed by atoms with Gasteiger partial charge in [-0.3, -0.25) is 0 Å². The smallest absolute Gasteiger partial charge is 0.129 e. The summed E-state index contributed by atoms with van der Waals surface area (Å²) in [6, 6.07) is 5.00. The van der Waals surface area contributed by atoms with Gasteiger partial charge < -0.3 is 10.2 Å². The molecule has 0 aliphatic carbocycles. The summed E-state index contributed by atoms with van der Waals surface area (Å²) in [6.45, 7) is 8.48. The molecule has 0 saturated heterocycles. The molecule has 1 unspecified atom stereocenters. The van der Waals surface area contributed by atoms with Crippen LogP contribution in [0, 0.1) is 0 Å². The number of aromatic nitrogens is 1. The van der Waals surface area contributed by atoms with E-state index in [1.54, 1.807) is 0 Å². The SMILES string of the molecule is CCNCc1cc(CC)nc(N(C)C(CC)CSC)c1. The van der Waals surface area contributed by atoms with Crippen LogP contribution in [0.5, 0.6) is 0 Å². The van der Waals surface area contributed by atoms with Gasteiger partial charge in [-0.2, -0.15) is 11.8 Å². The second-order valence-electron chi connectivity index (χ2n) is 5.09. The number of hydrogen-bond acceptors (Lipinski definition) is 4. The van der Waals surface area contributed by atoms with Crippen LogP contribution in [0.3, 0.4) is 0 Å². The number of aryl methyl sites for hydroxylation is 1. The average molecular weight is 295 g/mol. The molecular formula is C16H29N3S. The van der Waals surface area contributed by atoms with E-state index < -0.39 is 0 Å².